The lowest BCUT2D eigenvalue weighted by atomic mass is 10.1. The third-order valence-electron chi connectivity index (χ3n) is 5.00. The molecule has 0 atom stereocenters. The highest BCUT2D eigenvalue weighted by Gasteiger charge is 2.30. The molecule has 0 aliphatic rings. The van der Waals surface area contributed by atoms with Gasteiger partial charge in [0, 0.05) is 23.8 Å². The van der Waals surface area contributed by atoms with Crippen LogP contribution in [0, 0.1) is 6.92 Å². The van der Waals surface area contributed by atoms with Crippen LogP contribution in [0.3, 0.4) is 0 Å². The molecule has 0 radical (unpaired) electrons. The highest BCUT2D eigenvalue weighted by Crippen LogP contribution is 2.24. The molecule has 4 aromatic rings. The summed E-state index contributed by atoms with van der Waals surface area (Å²) in [6.07, 6.45) is 3.63. The summed E-state index contributed by atoms with van der Waals surface area (Å²) in [5.41, 5.74) is 3.69. The second-order valence-corrected chi connectivity index (χ2v) is 8.83. The molecule has 0 spiro atoms. The van der Waals surface area contributed by atoms with Crippen LogP contribution in [0.15, 0.2) is 65.5 Å². The van der Waals surface area contributed by atoms with E-state index in [4.69, 9.17) is 9.15 Å². The van der Waals surface area contributed by atoms with Crippen molar-refractivity contribution in [3.05, 3.63) is 89.4 Å². The number of aryl methyl sites for hydroxylation is 2. The van der Waals surface area contributed by atoms with Crippen LogP contribution < -0.4 is 9.47 Å². The van der Waals surface area contributed by atoms with Crippen LogP contribution in [0.5, 0.6) is 11.5 Å². The second-order valence-electron chi connectivity index (χ2n) is 7.72. The summed E-state index contributed by atoms with van der Waals surface area (Å²) in [5.74, 6) is 2.67. The molecule has 0 saturated heterocycles. The summed E-state index contributed by atoms with van der Waals surface area (Å²) >= 11 is 1.83. The van der Waals surface area contributed by atoms with E-state index in [9.17, 15) is 13.2 Å². The van der Waals surface area contributed by atoms with E-state index in [1.54, 1.807) is 18.3 Å². The molecule has 0 aliphatic heterocycles. The highest BCUT2D eigenvalue weighted by atomic mass is 32.2. The maximum atomic E-state index is 12.2. The number of benzene rings is 2. The van der Waals surface area contributed by atoms with Gasteiger partial charge in [-0.05, 0) is 54.0 Å². The van der Waals surface area contributed by atoms with Crippen molar-refractivity contribution in [2.75, 3.05) is 5.75 Å². The van der Waals surface area contributed by atoms with Crippen molar-refractivity contribution in [1.29, 1.82) is 0 Å². The molecule has 188 valence electrons. The van der Waals surface area contributed by atoms with E-state index in [2.05, 4.69) is 33.0 Å². The van der Waals surface area contributed by atoms with Gasteiger partial charge in [0.05, 0.1) is 12.7 Å². The quantitative estimate of drug-likeness (QED) is 0.221. The standard InChI is InChI=1S/C25H23F3N4O3S/c1-18-14-23(8-5-20(18)17-36-13-12-32-11-10-29-31-32)33-15-21-16-34-24(30-21)9-4-19-2-6-22(7-3-19)35-25(26,27)28/h2-11,14,16H,12-13,15,17H2,1H3. The lowest BCUT2D eigenvalue weighted by Gasteiger charge is -2.09. The van der Waals surface area contributed by atoms with Crippen molar-refractivity contribution in [2.45, 2.75) is 32.2 Å². The van der Waals surface area contributed by atoms with Gasteiger partial charge in [0.2, 0.25) is 5.89 Å². The van der Waals surface area contributed by atoms with Gasteiger partial charge >= 0.3 is 6.36 Å². The third-order valence-corrected chi connectivity index (χ3v) is 5.98. The van der Waals surface area contributed by atoms with Crippen molar-refractivity contribution in [1.82, 2.24) is 20.0 Å². The summed E-state index contributed by atoms with van der Waals surface area (Å²) in [4.78, 5) is 4.35. The molecule has 7 nitrogen and oxygen atoms in total. The van der Waals surface area contributed by atoms with Gasteiger partial charge in [-0.2, -0.15) is 11.8 Å². The van der Waals surface area contributed by atoms with Crippen LogP contribution in [0.1, 0.15) is 28.3 Å². The van der Waals surface area contributed by atoms with E-state index < -0.39 is 6.36 Å². The smallest absolute Gasteiger partial charge is 0.487 e. The molecular weight excluding hydrogens is 493 g/mol. The van der Waals surface area contributed by atoms with Crippen molar-refractivity contribution >= 4 is 23.9 Å². The molecule has 11 heteroatoms. The Hall–Kier alpha value is -3.73. The van der Waals surface area contributed by atoms with Gasteiger partial charge < -0.3 is 13.9 Å². The Labute approximate surface area is 209 Å². The topological polar surface area (TPSA) is 75.2 Å². The van der Waals surface area contributed by atoms with Crippen molar-refractivity contribution < 1.29 is 27.1 Å². The monoisotopic (exact) mass is 516 g/mol. The van der Waals surface area contributed by atoms with E-state index in [1.807, 2.05) is 34.8 Å². The van der Waals surface area contributed by atoms with Crippen LogP contribution in [-0.2, 0) is 18.9 Å². The number of alkyl halides is 3. The van der Waals surface area contributed by atoms with E-state index in [0.29, 0.717) is 17.1 Å². The van der Waals surface area contributed by atoms with Gasteiger partial charge in [-0.1, -0.05) is 23.4 Å². The Morgan fingerprint density at radius 2 is 1.89 bits per heavy atom. The third kappa shape index (κ3) is 7.91. The Morgan fingerprint density at radius 1 is 1.08 bits per heavy atom. The fourth-order valence-electron chi connectivity index (χ4n) is 3.18. The average molecular weight is 517 g/mol. The number of hydrogen-bond donors (Lipinski definition) is 0. The molecular formula is C25H23F3N4O3S. The lowest BCUT2D eigenvalue weighted by molar-refractivity contribution is -0.274. The second kappa shape index (κ2) is 11.8. The molecule has 0 fully saturated rings. The zero-order valence-corrected chi connectivity index (χ0v) is 20.1. The number of ether oxygens (including phenoxy) is 2. The fourth-order valence-corrected chi connectivity index (χ4v) is 4.19. The first-order valence-electron chi connectivity index (χ1n) is 11.0. The molecule has 36 heavy (non-hydrogen) atoms. The minimum Gasteiger partial charge on any atom is -0.487 e. The van der Waals surface area contributed by atoms with Crippen LogP contribution in [0.2, 0.25) is 0 Å². The maximum Gasteiger partial charge on any atom is 0.573 e. The van der Waals surface area contributed by atoms with Crippen LogP contribution >= 0.6 is 11.8 Å². The van der Waals surface area contributed by atoms with Crippen LogP contribution in [0.4, 0.5) is 13.2 Å². The molecule has 4 rings (SSSR count). The molecule has 0 unspecified atom stereocenters. The zero-order chi connectivity index (χ0) is 25.4. The first-order valence-corrected chi connectivity index (χ1v) is 12.1. The first-order chi connectivity index (χ1) is 17.3. The van der Waals surface area contributed by atoms with Crippen LogP contribution in [-0.4, -0.2) is 32.1 Å². The predicted octanol–water partition coefficient (Wildman–Crippen LogP) is 6.16. The predicted molar refractivity (Wildman–Crippen MR) is 130 cm³/mol. The van der Waals surface area contributed by atoms with E-state index in [-0.39, 0.29) is 12.4 Å². The Balaban J connectivity index is 1.23. The molecule has 0 N–H and O–H groups in total. The molecule has 2 aromatic carbocycles. The van der Waals surface area contributed by atoms with Gasteiger partial charge in [-0.25, -0.2) is 4.98 Å². The van der Waals surface area contributed by atoms with Crippen molar-refractivity contribution in [2.24, 2.45) is 0 Å². The van der Waals surface area contributed by atoms with E-state index in [1.165, 1.54) is 36.1 Å². The Kier molecular flexibility index (Phi) is 8.32. The summed E-state index contributed by atoms with van der Waals surface area (Å²) in [6, 6.07) is 11.5. The normalized spacial score (nSPS) is 11.8. The Morgan fingerprint density at radius 3 is 2.61 bits per heavy atom. The summed E-state index contributed by atoms with van der Waals surface area (Å²) in [5, 5.41) is 7.76. The molecule has 2 heterocycles. The number of rotatable bonds is 11. The van der Waals surface area contributed by atoms with Crippen molar-refractivity contribution in [3.63, 3.8) is 0 Å². The number of nitrogens with zero attached hydrogens (tertiary/aromatic N) is 4. The minimum atomic E-state index is -4.72. The van der Waals surface area contributed by atoms with Gasteiger partial charge in [-0.3, -0.25) is 4.68 Å². The number of hydrogen-bond acceptors (Lipinski definition) is 7. The molecule has 0 amide bonds. The average Bonchev–Trinajstić information content (AvgIpc) is 3.52. The van der Waals surface area contributed by atoms with E-state index in [0.717, 1.165) is 29.4 Å². The summed E-state index contributed by atoms with van der Waals surface area (Å²) in [7, 11) is 0. The number of oxazole rings is 1. The number of thioether (sulfide) groups is 1. The Bertz CT molecular complexity index is 1270. The lowest BCUT2D eigenvalue weighted by Crippen LogP contribution is -2.16. The SMILES string of the molecule is Cc1cc(OCc2coc(C=Cc3ccc(OC(F)(F)F)cc3)n2)ccc1CSCCn1ccnn1. The molecule has 0 saturated carbocycles. The fraction of sp³-hybridized carbons (Fsp3) is 0.240. The highest BCUT2D eigenvalue weighted by molar-refractivity contribution is 7.98. The molecule has 0 aliphatic carbocycles. The molecule has 0 bridgehead atoms. The number of aromatic nitrogens is 4. The van der Waals surface area contributed by atoms with Gasteiger partial charge in [-0.15, -0.1) is 18.3 Å². The first kappa shape index (κ1) is 25.4. The molecule has 2 aromatic heterocycles. The zero-order valence-electron chi connectivity index (χ0n) is 19.3. The number of halogens is 3. The summed E-state index contributed by atoms with van der Waals surface area (Å²) in [6.45, 7) is 3.12. The minimum absolute atomic E-state index is 0.242. The van der Waals surface area contributed by atoms with Crippen molar-refractivity contribution in [3.8, 4) is 11.5 Å². The largest absolute Gasteiger partial charge is 0.573 e. The van der Waals surface area contributed by atoms with Gasteiger partial charge in [0.25, 0.3) is 0 Å². The van der Waals surface area contributed by atoms with Crippen LogP contribution in [0.25, 0.3) is 12.2 Å². The van der Waals surface area contributed by atoms with Gasteiger partial charge in [0.1, 0.15) is 30.1 Å². The van der Waals surface area contributed by atoms with E-state index >= 15 is 0 Å². The summed E-state index contributed by atoms with van der Waals surface area (Å²) < 4.78 is 53.7. The maximum absolute atomic E-state index is 12.2. The van der Waals surface area contributed by atoms with Gasteiger partial charge in [0.15, 0.2) is 0 Å².